The van der Waals surface area contributed by atoms with Gasteiger partial charge < -0.3 is 5.32 Å². The van der Waals surface area contributed by atoms with Gasteiger partial charge in [-0.2, -0.15) is 5.43 Å². The van der Waals surface area contributed by atoms with Gasteiger partial charge in [0.2, 0.25) is 0 Å². The maximum atomic E-state index is 5.59. The van der Waals surface area contributed by atoms with Crippen LogP contribution in [0.25, 0.3) is 0 Å². The Hall–Kier alpha value is -1.91. The van der Waals surface area contributed by atoms with Gasteiger partial charge in [-0.05, 0) is 55.2 Å². The minimum atomic E-state index is -0.353. The molecule has 1 saturated heterocycles. The molecule has 114 valence electrons. The Bertz CT molecular complexity index is 699. The first kappa shape index (κ1) is 15.0. The van der Waals surface area contributed by atoms with E-state index >= 15 is 0 Å². The maximum Gasteiger partial charge on any atom is 0.190 e. The van der Waals surface area contributed by atoms with Crippen LogP contribution >= 0.6 is 12.2 Å². The van der Waals surface area contributed by atoms with Crippen LogP contribution < -0.4 is 15.8 Å². The Morgan fingerprint density at radius 1 is 1.05 bits per heavy atom. The molecule has 22 heavy (non-hydrogen) atoms. The second kappa shape index (κ2) is 5.71. The molecule has 0 unspecified atom stereocenters. The summed E-state index contributed by atoms with van der Waals surface area (Å²) < 4.78 is 0. The number of aryl methyl sites for hydroxylation is 1. The SMILES string of the molecule is CC[C@]1(c2ccccc2)NC(=S)N(c2cccc(C)c2C)N1. The number of rotatable bonds is 3. The Kier molecular flexibility index (Phi) is 3.89. The van der Waals surface area contributed by atoms with E-state index < -0.39 is 0 Å². The van der Waals surface area contributed by atoms with Crippen molar-refractivity contribution < 1.29 is 0 Å². The van der Waals surface area contributed by atoms with Crippen molar-refractivity contribution in [3.8, 4) is 0 Å². The molecular weight excluding hydrogens is 290 g/mol. The van der Waals surface area contributed by atoms with Gasteiger partial charge in [-0.1, -0.05) is 49.4 Å². The summed E-state index contributed by atoms with van der Waals surface area (Å²) in [6, 6.07) is 16.7. The third-order valence-corrected chi connectivity index (χ3v) is 4.72. The van der Waals surface area contributed by atoms with E-state index in [1.807, 2.05) is 11.1 Å². The topological polar surface area (TPSA) is 27.3 Å². The number of hydrogen-bond donors (Lipinski definition) is 2. The summed E-state index contributed by atoms with van der Waals surface area (Å²) in [7, 11) is 0. The number of hydrogen-bond acceptors (Lipinski definition) is 2. The molecule has 0 saturated carbocycles. The van der Waals surface area contributed by atoms with Gasteiger partial charge in [0.25, 0.3) is 0 Å². The van der Waals surface area contributed by atoms with E-state index in [1.165, 1.54) is 16.7 Å². The summed E-state index contributed by atoms with van der Waals surface area (Å²) in [5.74, 6) is 0. The molecule has 0 amide bonds. The van der Waals surface area contributed by atoms with Crippen molar-refractivity contribution in [2.75, 3.05) is 5.01 Å². The van der Waals surface area contributed by atoms with Crippen LogP contribution in [0.3, 0.4) is 0 Å². The van der Waals surface area contributed by atoms with Crippen molar-refractivity contribution in [1.29, 1.82) is 0 Å². The maximum absolute atomic E-state index is 5.59. The number of thiocarbonyl (C=S) groups is 1. The molecule has 0 aromatic heterocycles. The molecule has 2 aromatic carbocycles. The van der Waals surface area contributed by atoms with Crippen LogP contribution in [0.5, 0.6) is 0 Å². The third kappa shape index (κ3) is 2.38. The number of nitrogens with one attached hydrogen (secondary N) is 2. The highest BCUT2D eigenvalue weighted by Crippen LogP contribution is 2.31. The summed E-state index contributed by atoms with van der Waals surface area (Å²) in [5, 5.41) is 6.18. The molecular formula is C18H21N3S. The lowest BCUT2D eigenvalue weighted by atomic mass is 9.98. The van der Waals surface area contributed by atoms with E-state index in [-0.39, 0.29) is 5.66 Å². The Morgan fingerprint density at radius 3 is 2.45 bits per heavy atom. The first-order valence-corrected chi connectivity index (χ1v) is 8.00. The van der Waals surface area contributed by atoms with Crippen LogP contribution in [-0.4, -0.2) is 5.11 Å². The molecule has 1 heterocycles. The first-order chi connectivity index (χ1) is 10.6. The van der Waals surface area contributed by atoms with E-state index in [4.69, 9.17) is 12.2 Å². The molecule has 0 spiro atoms. The Labute approximate surface area is 137 Å². The molecule has 1 aliphatic rings. The molecule has 2 aromatic rings. The third-order valence-electron chi connectivity index (χ3n) is 4.44. The fourth-order valence-corrected chi connectivity index (χ4v) is 3.20. The van der Waals surface area contributed by atoms with Gasteiger partial charge in [0.1, 0.15) is 5.66 Å². The smallest absolute Gasteiger partial charge is 0.190 e. The summed E-state index contributed by atoms with van der Waals surface area (Å²) >= 11 is 5.59. The minimum Gasteiger partial charge on any atom is -0.338 e. The largest absolute Gasteiger partial charge is 0.338 e. The lowest BCUT2D eigenvalue weighted by Gasteiger charge is -2.29. The fourth-order valence-electron chi connectivity index (χ4n) is 2.89. The minimum absolute atomic E-state index is 0.353. The van der Waals surface area contributed by atoms with E-state index in [9.17, 15) is 0 Å². The Morgan fingerprint density at radius 2 is 1.77 bits per heavy atom. The van der Waals surface area contributed by atoms with Gasteiger partial charge in [0.15, 0.2) is 5.11 Å². The second-order valence-corrected chi connectivity index (χ2v) is 6.11. The molecule has 0 aliphatic carbocycles. The highest BCUT2D eigenvalue weighted by molar-refractivity contribution is 7.80. The van der Waals surface area contributed by atoms with Crippen LogP contribution in [0.15, 0.2) is 48.5 Å². The summed E-state index contributed by atoms with van der Waals surface area (Å²) in [6.07, 6.45) is 0.887. The quantitative estimate of drug-likeness (QED) is 0.844. The predicted molar refractivity (Wildman–Crippen MR) is 95.7 cm³/mol. The van der Waals surface area contributed by atoms with Gasteiger partial charge in [-0.15, -0.1) is 0 Å². The zero-order valence-corrected chi connectivity index (χ0v) is 14.0. The molecule has 0 radical (unpaired) electrons. The van der Waals surface area contributed by atoms with Crippen LogP contribution in [0.4, 0.5) is 5.69 Å². The average Bonchev–Trinajstić information content (AvgIpc) is 2.89. The normalized spacial score (nSPS) is 21.0. The van der Waals surface area contributed by atoms with E-state index in [0.717, 1.165) is 12.1 Å². The highest BCUT2D eigenvalue weighted by Gasteiger charge is 2.41. The van der Waals surface area contributed by atoms with Crippen molar-refractivity contribution in [2.45, 2.75) is 32.9 Å². The van der Waals surface area contributed by atoms with Gasteiger partial charge >= 0.3 is 0 Å². The Balaban J connectivity index is 2.00. The number of hydrazine groups is 1. The first-order valence-electron chi connectivity index (χ1n) is 7.59. The molecule has 1 fully saturated rings. The zero-order chi connectivity index (χ0) is 15.7. The standard InChI is InChI=1S/C18H21N3S/c1-4-18(15-10-6-5-7-11-15)19-17(22)21(20-18)16-12-8-9-13(2)14(16)3/h5-12,20H,4H2,1-3H3,(H,19,22)/t18-/m0/s1. The zero-order valence-electron chi connectivity index (χ0n) is 13.2. The highest BCUT2D eigenvalue weighted by atomic mass is 32.1. The van der Waals surface area contributed by atoms with Gasteiger partial charge in [0.05, 0.1) is 5.69 Å². The van der Waals surface area contributed by atoms with Crippen molar-refractivity contribution in [2.24, 2.45) is 0 Å². The van der Waals surface area contributed by atoms with Crippen LogP contribution in [-0.2, 0) is 5.66 Å². The molecule has 2 N–H and O–H groups in total. The molecule has 0 bridgehead atoms. The van der Waals surface area contributed by atoms with E-state index in [0.29, 0.717) is 5.11 Å². The number of benzene rings is 2. The molecule has 3 rings (SSSR count). The van der Waals surface area contributed by atoms with Gasteiger partial charge in [-0.3, -0.25) is 0 Å². The van der Waals surface area contributed by atoms with Gasteiger partial charge in [0, 0.05) is 0 Å². The van der Waals surface area contributed by atoms with Crippen molar-refractivity contribution in [3.05, 3.63) is 65.2 Å². The molecule has 1 atom stereocenters. The summed E-state index contributed by atoms with van der Waals surface area (Å²) in [6.45, 7) is 6.40. The fraction of sp³-hybridized carbons (Fsp3) is 0.278. The summed E-state index contributed by atoms with van der Waals surface area (Å²) in [4.78, 5) is 0. The van der Waals surface area contributed by atoms with E-state index in [2.05, 4.69) is 74.0 Å². The monoisotopic (exact) mass is 311 g/mol. The summed E-state index contributed by atoms with van der Waals surface area (Å²) in [5.41, 5.74) is 8.02. The average molecular weight is 311 g/mol. The van der Waals surface area contributed by atoms with Crippen LogP contribution in [0.2, 0.25) is 0 Å². The number of nitrogens with zero attached hydrogens (tertiary/aromatic N) is 1. The molecule has 1 aliphatic heterocycles. The number of anilines is 1. The lowest BCUT2D eigenvalue weighted by Crippen LogP contribution is -2.48. The predicted octanol–water partition coefficient (Wildman–Crippen LogP) is 3.77. The lowest BCUT2D eigenvalue weighted by molar-refractivity contribution is 0.337. The van der Waals surface area contributed by atoms with Crippen molar-refractivity contribution in [1.82, 2.24) is 10.7 Å². The van der Waals surface area contributed by atoms with Crippen molar-refractivity contribution >= 4 is 23.0 Å². The van der Waals surface area contributed by atoms with Crippen LogP contribution in [0.1, 0.15) is 30.0 Å². The van der Waals surface area contributed by atoms with Gasteiger partial charge in [-0.25, -0.2) is 5.01 Å². The second-order valence-electron chi connectivity index (χ2n) is 5.72. The van der Waals surface area contributed by atoms with Crippen molar-refractivity contribution in [3.63, 3.8) is 0 Å². The van der Waals surface area contributed by atoms with E-state index in [1.54, 1.807) is 0 Å². The molecule has 4 heteroatoms. The molecule has 3 nitrogen and oxygen atoms in total. The van der Waals surface area contributed by atoms with Crippen LogP contribution in [0, 0.1) is 13.8 Å².